The minimum atomic E-state index is -8.06. The fraction of sp³-hybridized carbons (Fsp3) is 0.857. The van der Waals surface area contributed by atoms with Gasteiger partial charge >= 0.3 is 36.3 Å². The van der Waals surface area contributed by atoms with Crippen molar-refractivity contribution in [1.29, 1.82) is 0 Å². The summed E-state index contributed by atoms with van der Waals surface area (Å²) in [6, 6.07) is 0. The Balaban J connectivity index is 6.30. The second-order valence-electron chi connectivity index (χ2n) is 3.59. The van der Waals surface area contributed by atoms with E-state index in [0.29, 0.717) is 0 Å². The Hall–Kier alpha value is -1.05. The second kappa shape index (κ2) is 4.97. The fourth-order valence-corrected chi connectivity index (χ4v) is 1.05. The quantitative estimate of drug-likeness (QED) is 0.604. The van der Waals surface area contributed by atoms with Crippen molar-refractivity contribution in [3.05, 3.63) is 5.92 Å². The normalized spacial score (nSPS) is 16.4. The summed E-state index contributed by atoms with van der Waals surface area (Å²) >= 11 is 0. The predicted molar refractivity (Wildman–Crippen MR) is 36.2 cm³/mol. The van der Waals surface area contributed by atoms with Crippen LogP contribution in [0.2, 0.25) is 0 Å². The molecule has 0 amide bonds. The average molecular weight is 369 g/mol. The lowest BCUT2D eigenvalue weighted by Gasteiger charge is -2.38. The first-order chi connectivity index (χ1) is 9.12. The molecule has 0 saturated carbocycles. The number of rotatable bonds is 3. The van der Waals surface area contributed by atoms with Gasteiger partial charge in [-0.15, -0.1) is 0 Å². The molecular weight excluding hydrogens is 369 g/mol. The third-order valence-corrected chi connectivity index (χ3v) is 2.03. The van der Waals surface area contributed by atoms with Crippen LogP contribution in [0.25, 0.3) is 0 Å². The molecular formula is C7F15. The molecule has 1 radical (unpaired) electrons. The van der Waals surface area contributed by atoms with Crippen molar-refractivity contribution in [3.8, 4) is 0 Å². The lowest BCUT2D eigenvalue weighted by atomic mass is 9.90. The van der Waals surface area contributed by atoms with Crippen LogP contribution in [0.5, 0.6) is 0 Å². The highest BCUT2D eigenvalue weighted by Gasteiger charge is 2.88. The molecule has 0 aromatic heterocycles. The lowest BCUT2D eigenvalue weighted by Crippen LogP contribution is -2.66. The Kier molecular flexibility index (Phi) is 4.74. The maximum absolute atomic E-state index is 12.7. The van der Waals surface area contributed by atoms with Gasteiger partial charge in [-0.25, -0.2) is 0 Å². The van der Waals surface area contributed by atoms with Gasteiger partial charge in [-0.2, -0.15) is 65.9 Å². The molecule has 0 rings (SSSR count). The van der Waals surface area contributed by atoms with E-state index in [-0.39, 0.29) is 0 Å². The smallest absolute Gasteiger partial charge is 0.198 e. The van der Waals surface area contributed by atoms with Crippen LogP contribution in [0.4, 0.5) is 65.9 Å². The molecule has 0 bridgehead atoms. The van der Waals surface area contributed by atoms with E-state index in [1.165, 1.54) is 0 Å². The van der Waals surface area contributed by atoms with E-state index >= 15 is 0 Å². The Morgan fingerprint density at radius 3 is 0.864 bits per heavy atom. The molecule has 0 atom stereocenters. The van der Waals surface area contributed by atoms with Crippen LogP contribution in [-0.2, 0) is 0 Å². The Morgan fingerprint density at radius 2 is 0.682 bits per heavy atom. The molecule has 0 fully saturated rings. The Morgan fingerprint density at radius 1 is 0.409 bits per heavy atom. The molecule has 0 spiro atoms. The van der Waals surface area contributed by atoms with E-state index in [1.54, 1.807) is 0 Å². The van der Waals surface area contributed by atoms with Crippen molar-refractivity contribution in [2.75, 3.05) is 0 Å². The summed E-state index contributed by atoms with van der Waals surface area (Å²) in [5, 5.41) is 0. The Bertz CT molecular complexity index is 378. The van der Waals surface area contributed by atoms with E-state index < -0.39 is 42.2 Å². The van der Waals surface area contributed by atoms with Gasteiger partial charge in [0.2, 0.25) is 0 Å². The van der Waals surface area contributed by atoms with Crippen molar-refractivity contribution < 1.29 is 65.9 Å². The average Bonchev–Trinajstić information content (AvgIpc) is 2.08. The van der Waals surface area contributed by atoms with Crippen molar-refractivity contribution in [3.63, 3.8) is 0 Å². The van der Waals surface area contributed by atoms with Gasteiger partial charge in [-0.3, -0.25) is 0 Å². The van der Waals surface area contributed by atoms with Crippen LogP contribution < -0.4 is 0 Å². The minimum Gasteiger partial charge on any atom is -0.198 e. The number of alkyl halides is 15. The van der Waals surface area contributed by atoms with Crippen LogP contribution in [0.1, 0.15) is 0 Å². The topological polar surface area (TPSA) is 0 Å². The first kappa shape index (κ1) is 20.9. The number of halogens is 15. The van der Waals surface area contributed by atoms with Crippen LogP contribution >= 0.6 is 0 Å². The highest BCUT2D eigenvalue weighted by Crippen LogP contribution is 2.61. The molecule has 133 valence electrons. The largest absolute Gasteiger partial charge is 0.460 e. The van der Waals surface area contributed by atoms with E-state index in [2.05, 4.69) is 0 Å². The molecule has 0 aliphatic carbocycles. The molecule has 0 aliphatic heterocycles. The molecule has 0 saturated heterocycles. The molecule has 0 aromatic rings. The van der Waals surface area contributed by atoms with E-state index in [1.807, 2.05) is 0 Å². The van der Waals surface area contributed by atoms with Gasteiger partial charge in [0, 0.05) is 0 Å². The minimum absolute atomic E-state index is 5.39. The third kappa shape index (κ3) is 3.16. The first-order valence-electron chi connectivity index (χ1n) is 4.33. The van der Waals surface area contributed by atoms with E-state index in [9.17, 15) is 65.9 Å². The molecule has 0 aliphatic rings. The van der Waals surface area contributed by atoms with Gasteiger partial charge in [-0.1, -0.05) is 0 Å². The summed E-state index contributed by atoms with van der Waals surface area (Å²) in [5.74, 6) is -29.2. The zero-order valence-electron chi connectivity index (χ0n) is 9.17. The maximum Gasteiger partial charge on any atom is 0.460 e. The van der Waals surface area contributed by atoms with Crippen LogP contribution in [0.15, 0.2) is 0 Å². The van der Waals surface area contributed by atoms with Gasteiger partial charge < -0.3 is 0 Å². The highest BCUT2D eigenvalue weighted by molar-refractivity contribution is 5.22. The summed E-state index contributed by atoms with van der Waals surface area (Å²) in [5.41, 5.74) is 0. The SMILES string of the molecule is FC(F)(F)[C](C(F)(F)F)C(F)(F)C(F)(F)C(F)(F)C(F)(F)F. The summed E-state index contributed by atoms with van der Waals surface area (Å²) in [7, 11) is 0. The zero-order valence-corrected chi connectivity index (χ0v) is 9.17. The summed E-state index contributed by atoms with van der Waals surface area (Å²) in [4.78, 5) is 0. The lowest BCUT2D eigenvalue weighted by molar-refractivity contribution is -0.406. The van der Waals surface area contributed by atoms with Crippen molar-refractivity contribution in [2.24, 2.45) is 0 Å². The predicted octanol–water partition coefficient (Wildman–Crippen LogP) is 5.15. The fourth-order valence-electron chi connectivity index (χ4n) is 1.05. The number of hydrogen-bond donors (Lipinski definition) is 0. The second-order valence-corrected chi connectivity index (χ2v) is 3.59. The van der Waals surface area contributed by atoms with Gasteiger partial charge in [0.1, 0.15) is 0 Å². The molecule has 22 heavy (non-hydrogen) atoms. The molecule has 0 N–H and O–H groups in total. The first-order valence-corrected chi connectivity index (χ1v) is 4.33. The van der Waals surface area contributed by atoms with Crippen molar-refractivity contribution in [2.45, 2.75) is 36.3 Å². The van der Waals surface area contributed by atoms with Crippen LogP contribution in [0, 0.1) is 5.92 Å². The summed E-state index contributed by atoms with van der Waals surface area (Å²) in [6.07, 6.45) is -22.2. The van der Waals surface area contributed by atoms with Gasteiger partial charge in [0.05, 0.1) is 0 Å². The van der Waals surface area contributed by atoms with Crippen LogP contribution in [-0.4, -0.2) is 36.3 Å². The molecule has 0 nitrogen and oxygen atoms in total. The molecule has 15 heteroatoms. The van der Waals surface area contributed by atoms with Gasteiger partial charge in [0.25, 0.3) is 5.92 Å². The zero-order chi connectivity index (χ0) is 18.6. The standard InChI is InChI=1S/C7F15/c8-2(9,1(3(10,11)12)4(13,14)15)5(16,17)6(18,19)7(20,21)22. The third-order valence-electron chi connectivity index (χ3n) is 2.03. The van der Waals surface area contributed by atoms with Gasteiger partial charge in [-0.05, 0) is 0 Å². The highest BCUT2D eigenvalue weighted by atomic mass is 19.4. The van der Waals surface area contributed by atoms with Crippen molar-refractivity contribution >= 4 is 0 Å². The molecule has 0 unspecified atom stereocenters. The maximum atomic E-state index is 12.7. The summed E-state index contributed by atoms with van der Waals surface area (Å²) in [6.45, 7) is 0. The molecule has 0 aromatic carbocycles. The molecule has 0 heterocycles. The van der Waals surface area contributed by atoms with Gasteiger partial charge in [0.15, 0.2) is 0 Å². The number of hydrogen-bond acceptors (Lipinski definition) is 0. The van der Waals surface area contributed by atoms with E-state index in [4.69, 9.17) is 0 Å². The summed E-state index contributed by atoms with van der Waals surface area (Å²) < 4.78 is 181. The van der Waals surface area contributed by atoms with Crippen LogP contribution in [0.3, 0.4) is 0 Å². The monoisotopic (exact) mass is 369 g/mol. The van der Waals surface area contributed by atoms with Crippen molar-refractivity contribution in [1.82, 2.24) is 0 Å². The Labute approximate surface area is 109 Å². The van der Waals surface area contributed by atoms with E-state index in [0.717, 1.165) is 0 Å².